The van der Waals surface area contributed by atoms with Crippen LogP contribution in [0.2, 0.25) is 0 Å². The Labute approximate surface area is 162 Å². The lowest BCUT2D eigenvalue weighted by Gasteiger charge is -2.23. The molecule has 4 aromatic rings. The Hall–Kier alpha value is -3.94. The second-order valence-corrected chi connectivity index (χ2v) is 6.68. The van der Waals surface area contributed by atoms with Gasteiger partial charge < -0.3 is 13.9 Å². The molecule has 0 aliphatic carbocycles. The fourth-order valence-electron chi connectivity index (χ4n) is 3.63. The monoisotopic (exact) mass is 390 g/mol. The number of methoxy groups -OCH3 is 1. The van der Waals surface area contributed by atoms with Gasteiger partial charge in [0.05, 0.1) is 30.7 Å². The topological polar surface area (TPSA) is 100 Å². The summed E-state index contributed by atoms with van der Waals surface area (Å²) in [6.45, 7) is 0. The van der Waals surface area contributed by atoms with Crippen molar-refractivity contribution in [1.82, 2.24) is 9.38 Å². The zero-order valence-corrected chi connectivity index (χ0v) is 15.2. The van der Waals surface area contributed by atoms with Crippen LogP contribution < -0.4 is 20.5 Å². The van der Waals surface area contributed by atoms with Crippen molar-refractivity contribution in [2.45, 2.75) is 12.3 Å². The molecule has 29 heavy (non-hydrogen) atoms. The van der Waals surface area contributed by atoms with E-state index in [0.29, 0.717) is 22.4 Å². The van der Waals surface area contributed by atoms with Crippen LogP contribution in [0.25, 0.3) is 16.6 Å². The number of hydrogen-bond acceptors (Lipinski definition) is 7. The molecule has 144 valence electrons. The number of rotatable bonds is 2. The molecule has 0 fully saturated rings. The Kier molecular flexibility index (Phi) is 3.73. The molecule has 1 aromatic carbocycles. The Morgan fingerprint density at radius 3 is 2.86 bits per heavy atom. The Morgan fingerprint density at radius 2 is 2.03 bits per heavy atom. The molecule has 0 N–H and O–H groups in total. The van der Waals surface area contributed by atoms with E-state index in [1.807, 2.05) is 0 Å². The van der Waals surface area contributed by atoms with Gasteiger partial charge >= 0.3 is 5.97 Å². The number of carbonyl (C=O) groups is 1. The smallest absolute Gasteiger partial charge is 0.313 e. The molecule has 3 aromatic heterocycles. The summed E-state index contributed by atoms with van der Waals surface area (Å²) in [5, 5.41) is 0.302. The average Bonchev–Trinajstić information content (AvgIpc) is 2.73. The highest BCUT2D eigenvalue weighted by atomic mass is 16.5. The number of fused-ring (bicyclic) bond motifs is 3. The second kappa shape index (κ2) is 6.30. The third-order valence-electron chi connectivity index (χ3n) is 5.05. The maximum atomic E-state index is 13.2. The van der Waals surface area contributed by atoms with Crippen molar-refractivity contribution in [1.29, 1.82) is 0 Å². The zero-order chi connectivity index (χ0) is 20.1. The van der Waals surface area contributed by atoms with E-state index >= 15 is 0 Å². The van der Waals surface area contributed by atoms with Gasteiger partial charge in [-0.1, -0.05) is 6.07 Å². The van der Waals surface area contributed by atoms with E-state index in [-0.39, 0.29) is 28.9 Å². The number of ether oxygens (including phenoxy) is 2. The third-order valence-corrected chi connectivity index (χ3v) is 5.05. The molecule has 0 saturated carbocycles. The molecule has 0 amide bonds. The van der Waals surface area contributed by atoms with E-state index in [1.165, 1.54) is 17.8 Å². The van der Waals surface area contributed by atoms with Crippen molar-refractivity contribution in [3.05, 3.63) is 80.6 Å². The lowest BCUT2D eigenvalue weighted by Crippen LogP contribution is -2.32. The Bertz CT molecular complexity index is 1420. The molecule has 1 atom stereocenters. The molecule has 0 radical (unpaired) electrons. The summed E-state index contributed by atoms with van der Waals surface area (Å²) in [7, 11) is 1.50. The normalized spacial score (nSPS) is 15.9. The minimum absolute atomic E-state index is 0.0763. The minimum atomic E-state index is -0.824. The molecule has 0 unspecified atom stereocenters. The van der Waals surface area contributed by atoms with E-state index in [0.717, 1.165) is 0 Å². The lowest BCUT2D eigenvalue weighted by molar-refractivity contribution is -0.135. The highest BCUT2D eigenvalue weighted by molar-refractivity contribution is 5.80. The fraction of sp³-hybridized carbons (Fsp3) is 0.143. The van der Waals surface area contributed by atoms with Crippen LogP contribution in [0.15, 0.2) is 62.9 Å². The molecule has 1 aliphatic rings. The minimum Gasteiger partial charge on any atom is -0.497 e. The predicted octanol–water partition coefficient (Wildman–Crippen LogP) is 2.25. The van der Waals surface area contributed by atoms with E-state index in [1.54, 1.807) is 42.6 Å². The van der Waals surface area contributed by atoms with E-state index in [2.05, 4.69) is 4.98 Å². The first-order valence-electron chi connectivity index (χ1n) is 8.88. The van der Waals surface area contributed by atoms with Gasteiger partial charge in [0.1, 0.15) is 17.0 Å². The highest BCUT2D eigenvalue weighted by Gasteiger charge is 2.35. The maximum Gasteiger partial charge on any atom is 0.313 e. The average molecular weight is 390 g/mol. The van der Waals surface area contributed by atoms with Gasteiger partial charge in [0.25, 0.3) is 5.56 Å². The first kappa shape index (κ1) is 17.2. The van der Waals surface area contributed by atoms with Crippen LogP contribution in [0, 0.1) is 0 Å². The quantitative estimate of drug-likeness (QED) is 0.484. The fourth-order valence-corrected chi connectivity index (χ4v) is 3.63. The van der Waals surface area contributed by atoms with Crippen LogP contribution in [0.3, 0.4) is 0 Å². The molecular formula is C21H14N2O6. The van der Waals surface area contributed by atoms with E-state index in [4.69, 9.17) is 13.9 Å². The van der Waals surface area contributed by atoms with Gasteiger partial charge in [0.15, 0.2) is 5.43 Å². The molecule has 5 rings (SSSR count). The first-order valence-corrected chi connectivity index (χ1v) is 8.88. The molecule has 0 bridgehead atoms. The number of hydrogen-bond donors (Lipinski definition) is 0. The third kappa shape index (κ3) is 2.60. The zero-order valence-electron chi connectivity index (χ0n) is 15.2. The van der Waals surface area contributed by atoms with Gasteiger partial charge in [0.2, 0.25) is 5.88 Å². The summed E-state index contributed by atoms with van der Waals surface area (Å²) in [5.74, 6) is -0.972. The molecular weight excluding hydrogens is 376 g/mol. The number of aromatic nitrogens is 2. The first-order chi connectivity index (χ1) is 14.1. The SMILES string of the molecule is COc1ccc2occ([C@H]3CC(=O)Oc4nc5ccccn5c(=O)c43)c(=O)c2c1. The highest BCUT2D eigenvalue weighted by Crippen LogP contribution is 2.35. The largest absolute Gasteiger partial charge is 0.497 e. The van der Waals surface area contributed by atoms with Gasteiger partial charge in [-0.15, -0.1) is 0 Å². The summed E-state index contributed by atoms with van der Waals surface area (Å²) in [5.41, 5.74) is 0.342. The van der Waals surface area contributed by atoms with Crippen LogP contribution in [-0.4, -0.2) is 22.5 Å². The van der Waals surface area contributed by atoms with Gasteiger partial charge in [0, 0.05) is 17.7 Å². The summed E-state index contributed by atoms with van der Waals surface area (Å²) in [4.78, 5) is 42.8. The van der Waals surface area contributed by atoms with Crippen molar-refractivity contribution in [2.24, 2.45) is 0 Å². The van der Waals surface area contributed by atoms with Gasteiger partial charge in [-0.05, 0) is 30.3 Å². The molecule has 1 aliphatic heterocycles. The maximum absolute atomic E-state index is 13.2. The van der Waals surface area contributed by atoms with Crippen molar-refractivity contribution in [3.8, 4) is 11.6 Å². The van der Waals surface area contributed by atoms with E-state index in [9.17, 15) is 14.4 Å². The molecule has 8 nitrogen and oxygen atoms in total. The number of nitrogens with zero attached hydrogens (tertiary/aromatic N) is 2. The summed E-state index contributed by atoms with van der Waals surface area (Å²) < 4.78 is 17.4. The van der Waals surface area contributed by atoms with Gasteiger partial charge in [-0.2, -0.15) is 4.98 Å². The van der Waals surface area contributed by atoms with Crippen LogP contribution in [0.1, 0.15) is 23.5 Å². The van der Waals surface area contributed by atoms with Crippen molar-refractivity contribution in [2.75, 3.05) is 7.11 Å². The van der Waals surface area contributed by atoms with Crippen LogP contribution in [0.4, 0.5) is 0 Å². The second-order valence-electron chi connectivity index (χ2n) is 6.68. The standard InChI is InChI=1S/C21H14N2O6/c1-27-11-5-6-15-13(8-11)19(25)14(10-28-15)12-9-17(24)29-20-18(12)21(26)23-7-3-2-4-16(23)22-20/h2-8,10,12H,9H2,1H3/t12-/m1/s1. The van der Waals surface area contributed by atoms with Crippen molar-refractivity contribution < 1.29 is 18.7 Å². The molecule has 4 heterocycles. The Morgan fingerprint density at radius 1 is 1.17 bits per heavy atom. The van der Waals surface area contributed by atoms with Crippen LogP contribution in [0.5, 0.6) is 11.6 Å². The van der Waals surface area contributed by atoms with Crippen molar-refractivity contribution in [3.63, 3.8) is 0 Å². The molecule has 8 heteroatoms. The summed E-state index contributed by atoms with van der Waals surface area (Å²) >= 11 is 0. The van der Waals surface area contributed by atoms with E-state index < -0.39 is 17.4 Å². The van der Waals surface area contributed by atoms with Crippen molar-refractivity contribution >= 4 is 22.6 Å². The van der Waals surface area contributed by atoms with Gasteiger partial charge in [-0.3, -0.25) is 18.8 Å². The molecule has 0 saturated heterocycles. The number of benzene rings is 1. The predicted molar refractivity (Wildman–Crippen MR) is 103 cm³/mol. The summed E-state index contributed by atoms with van der Waals surface area (Å²) in [6, 6.07) is 9.94. The number of esters is 1. The lowest BCUT2D eigenvalue weighted by atomic mass is 9.88. The number of pyridine rings is 1. The van der Waals surface area contributed by atoms with Crippen LogP contribution in [-0.2, 0) is 4.79 Å². The molecule has 0 spiro atoms. The van der Waals surface area contributed by atoms with Gasteiger partial charge in [-0.25, -0.2) is 0 Å². The number of carbonyl (C=O) groups excluding carboxylic acids is 1. The van der Waals surface area contributed by atoms with Crippen LogP contribution >= 0.6 is 0 Å². The summed E-state index contributed by atoms with van der Waals surface area (Å²) in [6.07, 6.45) is 2.71. The Balaban J connectivity index is 1.79.